The zero-order valence-electron chi connectivity index (χ0n) is 11.7. The van der Waals surface area contributed by atoms with E-state index in [9.17, 15) is 4.79 Å². The van der Waals surface area contributed by atoms with Crippen LogP contribution in [0.5, 0.6) is 0 Å². The Hall–Kier alpha value is -2.49. The Morgan fingerprint density at radius 1 is 1.15 bits per heavy atom. The van der Waals surface area contributed by atoms with Gasteiger partial charge in [-0.05, 0) is 24.6 Å². The van der Waals surface area contributed by atoms with Crippen molar-refractivity contribution in [3.05, 3.63) is 47.8 Å². The molecule has 0 aliphatic rings. The van der Waals surface area contributed by atoms with E-state index >= 15 is 0 Å². The number of hydrogen-bond acceptors (Lipinski definition) is 1. The Labute approximate surface area is 116 Å². The van der Waals surface area contributed by atoms with Crippen LogP contribution in [-0.2, 0) is 14.1 Å². The Morgan fingerprint density at radius 3 is 2.55 bits per heavy atom. The molecule has 4 nitrogen and oxygen atoms in total. The second-order valence-corrected chi connectivity index (χ2v) is 5.09. The van der Waals surface area contributed by atoms with E-state index in [1.54, 1.807) is 17.7 Å². The molecule has 0 radical (unpaired) electrons. The van der Waals surface area contributed by atoms with Crippen LogP contribution in [0, 0.1) is 6.92 Å². The van der Waals surface area contributed by atoms with Gasteiger partial charge in [0.1, 0.15) is 5.69 Å². The van der Waals surface area contributed by atoms with Crippen LogP contribution in [0.3, 0.4) is 0 Å². The molecular weight excluding hydrogens is 252 g/mol. The SMILES string of the molecule is Cc1cccc2c(-c3ccc(C(=O)O)n3C)cn(C)c12. The van der Waals surface area contributed by atoms with Crippen LogP contribution in [-0.4, -0.2) is 20.2 Å². The first-order valence-corrected chi connectivity index (χ1v) is 6.44. The summed E-state index contributed by atoms with van der Waals surface area (Å²) in [6, 6.07) is 9.69. The van der Waals surface area contributed by atoms with Crippen molar-refractivity contribution < 1.29 is 9.90 Å². The summed E-state index contributed by atoms with van der Waals surface area (Å²) >= 11 is 0. The van der Waals surface area contributed by atoms with E-state index in [2.05, 4.69) is 29.8 Å². The molecule has 0 aliphatic carbocycles. The highest BCUT2D eigenvalue weighted by Gasteiger charge is 2.16. The molecule has 0 saturated heterocycles. The number of rotatable bonds is 2. The van der Waals surface area contributed by atoms with Crippen LogP contribution >= 0.6 is 0 Å². The molecule has 20 heavy (non-hydrogen) atoms. The summed E-state index contributed by atoms with van der Waals surface area (Å²) in [6.45, 7) is 2.08. The maximum Gasteiger partial charge on any atom is 0.352 e. The van der Waals surface area contributed by atoms with E-state index in [1.807, 2.05) is 19.2 Å². The Kier molecular flexibility index (Phi) is 2.67. The largest absolute Gasteiger partial charge is 0.477 e. The van der Waals surface area contributed by atoms with Gasteiger partial charge >= 0.3 is 5.97 Å². The van der Waals surface area contributed by atoms with Crippen molar-refractivity contribution in [1.29, 1.82) is 0 Å². The Morgan fingerprint density at radius 2 is 1.90 bits per heavy atom. The van der Waals surface area contributed by atoms with Gasteiger partial charge in [-0.2, -0.15) is 0 Å². The molecule has 0 fully saturated rings. The van der Waals surface area contributed by atoms with Gasteiger partial charge in [0.15, 0.2) is 0 Å². The maximum absolute atomic E-state index is 11.2. The van der Waals surface area contributed by atoms with Gasteiger partial charge in [-0.25, -0.2) is 4.79 Å². The molecule has 0 amide bonds. The molecule has 2 heterocycles. The molecule has 2 aromatic heterocycles. The predicted octanol–water partition coefficient (Wildman–Crippen LogP) is 3.19. The molecule has 102 valence electrons. The van der Waals surface area contributed by atoms with Crippen molar-refractivity contribution in [1.82, 2.24) is 9.13 Å². The summed E-state index contributed by atoms with van der Waals surface area (Å²) in [6.07, 6.45) is 2.05. The first-order valence-electron chi connectivity index (χ1n) is 6.44. The first-order chi connectivity index (χ1) is 9.50. The maximum atomic E-state index is 11.2. The predicted molar refractivity (Wildman–Crippen MR) is 79.0 cm³/mol. The number of carboxylic acid groups (broad SMARTS) is 1. The fourth-order valence-electron chi connectivity index (χ4n) is 2.87. The van der Waals surface area contributed by atoms with Crippen LogP contribution in [0.25, 0.3) is 22.2 Å². The third kappa shape index (κ3) is 1.65. The van der Waals surface area contributed by atoms with Gasteiger partial charge in [0.2, 0.25) is 0 Å². The standard InChI is InChI=1S/C16H16N2O2/c1-10-5-4-6-11-12(9-17(2)15(10)11)13-7-8-14(16(19)20)18(13)3/h4-9H,1-3H3,(H,19,20). The summed E-state index contributed by atoms with van der Waals surface area (Å²) in [5.41, 5.74) is 4.66. The van der Waals surface area contributed by atoms with Gasteiger partial charge in [0, 0.05) is 31.2 Å². The number of carboxylic acids is 1. The van der Waals surface area contributed by atoms with Crippen LogP contribution < -0.4 is 0 Å². The van der Waals surface area contributed by atoms with Gasteiger partial charge in [0.05, 0.1) is 11.2 Å². The third-order valence-corrected chi connectivity index (χ3v) is 3.82. The lowest BCUT2D eigenvalue weighted by atomic mass is 10.1. The van der Waals surface area contributed by atoms with Crippen LogP contribution in [0.1, 0.15) is 16.1 Å². The number of benzene rings is 1. The molecule has 0 bridgehead atoms. The molecule has 0 saturated carbocycles. The van der Waals surface area contributed by atoms with Crippen molar-refractivity contribution in [2.45, 2.75) is 6.92 Å². The van der Waals surface area contributed by atoms with E-state index in [0.717, 1.165) is 16.6 Å². The van der Waals surface area contributed by atoms with E-state index in [-0.39, 0.29) is 0 Å². The zero-order chi connectivity index (χ0) is 14.4. The molecular formula is C16H16N2O2. The van der Waals surface area contributed by atoms with Crippen molar-refractivity contribution in [3.8, 4) is 11.3 Å². The summed E-state index contributed by atoms with van der Waals surface area (Å²) in [7, 11) is 3.80. The summed E-state index contributed by atoms with van der Waals surface area (Å²) in [5.74, 6) is -0.907. The number of para-hydroxylation sites is 1. The van der Waals surface area contributed by atoms with Crippen molar-refractivity contribution >= 4 is 16.9 Å². The van der Waals surface area contributed by atoms with Gasteiger partial charge in [-0.15, -0.1) is 0 Å². The smallest absolute Gasteiger partial charge is 0.352 e. The lowest BCUT2D eigenvalue weighted by Crippen LogP contribution is -2.04. The molecule has 4 heteroatoms. The van der Waals surface area contributed by atoms with Crippen molar-refractivity contribution in [2.75, 3.05) is 0 Å². The fourth-order valence-corrected chi connectivity index (χ4v) is 2.87. The highest BCUT2D eigenvalue weighted by Crippen LogP contribution is 2.32. The van der Waals surface area contributed by atoms with E-state index in [1.165, 1.54) is 11.1 Å². The average molecular weight is 268 g/mol. The number of nitrogens with zero attached hydrogens (tertiary/aromatic N) is 2. The minimum Gasteiger partial charge on any atom is -0.477 e. The zero-order valence-corrected chi connectivity index (χ0v) is 11.7. The lowest BCUT2D eigenvalue weighted by Gasteiger charge is -2.04. The van der Waals surface area contributed by atoms with E-state index in [0.29, 0.717) is 5.69 Å². The number of aryl methyl sites for hydroxylation is 2. The molecule has 3 rings (SSSR count). The highest BCUT2D eigenvalue weighted by molar-refractivity contribution is 5.98. The topological polar surface area (TPSA) is 47.2 Å². The first kappa shape index (κ1) is 12.5. The van der Waals surface area contributed by atoms with Gasteiger partial charge in [0.25, 0.3) is 0 Å². The molecule has 0 atom stereocenters. The molecule has 0 unspecified atom stereocenters. The lowest BCUT2D eigenvalue weighted by molar-refractivity contribution is 0.0687. The number of fused-ring (bicyclic) bond motifs is 1. The van der Waals surface area contributed by atoms with Crippen LogP contribution in [0.4, 0.5) is 0 Å². The number of aromatic nitrogens is 2. The highest BCUT2D eigenvalue weighted by atomic mass is 16.4. The Balaban J connectivity index is 2.31. The van der Waals surface area contributed by atoms with Crippen molar-refractivity contribution in [3.63, 3.8) is 0 Å². The molecule has 0 spiro atoms. The van der Waals surface area contributed by atoms with Gasteiger partial charge < -0.3 is 14.2 Å². The van der Waals surface area contributed by atoms with E-state index < -0.39 is 5.97 Å². The molecule has 1 aromatic carbocycles. The molecule has 3 aromatic rings. The average Bonchev–Trinajstić information content (AvgIpc) is 2.91. The summed E-state index contributed by atoms with van der Waals surface area (Å²) in [4.78, 5) is 11.2. The fraction of sp³-hybridized carbons (Fsp3) is 0.188. The summed E-state index contributed by atoms with van der Waals surface area (Å²) in [5, 5.41) is 10.3. The quantitative estimate of drug-likeness (QED) is 0.776. The third-order valence-electron chi connectivity index (χ3n) is 3.82. The molecule has 1 N–H and O–H groups in total. The van der Waals surface area contributed by atoms with E-state index in [4.69, 9.17) is 5.11 Å². The number of carbonyl (C=O) groups is 1. The van der Waals surface area contributed by atoms with Crippen LogP contribution in [0.2, 0.25) is 0 Å². The summed E-state index contributed by atoms with van der Waals surface area (Å²) < 4.78 is 3.81. The molecule has 0 aliphatic heterocycles. The van der Waals surface area contributed by atoms with Gasteiger partial charge in [-0.1, -0.05) is 18.2 Å². The second kappa shape index (κ2) is 4.27. The minimum absolute atomic E-state index is 0.296. The number of aromatic carboxylic acids is 1. The van der Waals surface area contributed by atoms with Crippen LogP contribution in [0.15, 0.2) is 36.5 Å². The monoisotopic (exact) mass is 268 g/mol. The Bertz CT molecular complexity index is 824. The van der Waals surface area contributed by atoms with Crippen molar-refractivity contribution in [2.24, 2.45) is 14.1 Å². The normalized spacial score (nSPS) is 11.2. The van der Waals surface area contributed by atoms with Gasteiger partial charge in [-0.3, -0.25) is 0 Å². The second-order valence-electron chi connectivity index (χ2n) is 5.09. The number of hydrogen-bond donors (Lipinski definition) is 1. The minimum atomic E-state index is -0.907.